The number of carbonyl (C=O) groups is 1. The minimum absolute atomic E-state index is 0.0220. The number of thiol groups is 1. The molecule has 0 saturated heterocycles. The molecule has 3 heteroatoms. The van der Waals surface area contributed by atoms with Crippen LogP contribution in [0.4, 0.5) is 0 Å². The van der Waals surface area contributed by atoms with Gasteiger partial charge in [-0.15, -0.1) is 12.6 Å². The van der Waals surface area contributed by atoms with E-state index in [0.29, 0.717) is 11.5 Å². The largest absolute Gasteiger partial charge is 0.352 e. The van der Waals surface area contributed by atoms with E-state index in [9.17, 15) is 4.79 Å². The van der Waals surface area contributed by atoms with Crippen LogP contribution in [0, 0.1) is 5.92 Å². The summed E-state index contributed by atoms with van der Waals surface area (Å²) in [5, 5.41) is 2.90. The van der Waals surface area contributed by atoms with Gasteiger partial charge in [0.2, 0.25) is 0 Å². The van der Waals surface area contributed by atoms with E-state index in [-0.39, 0.29) is 5.91 Å². The third kappa shape index (κ3) is 3.96. The number of amides is 1. The summed E-state index contributed by atoms with van der Waals surface area (Å²) >= 11 is 4.20. The molecule has 1 unspecified atom stereocenters. The van der Waals surface area contributed by atoms with Crippen molar-refractivity contribution in [2.24, 2.45) is 5.92 Å². The van der Waals surface area contributed by atoms with Gasteiger partial charge in [0.1, 0.15) is 0 Å². The first-order valence-corrected chi connectivity index (χ1v) is 5.65. The molecule has 0 aliphatic carbocycles. The second-order valence-corrected chi connectivity index (χ2v) is 4.29. The van der Waals surface area contributed by atoms with Crippen molar-refractivity contribution in [3.63, 3.8) is 0 Å². The van der Waals surface area contributed by atoms with E-state index in [1.807, 2.05) is 12.1 Å². The lowest BCUT2D eigenvalue weighted by molar-refractivity contribution is 0.0947. The van der Waals surface area contributed by atoms with Crippen molar-refractivity contribution in [3.05, 3.63) is 29.8 Å². The first-order valence-electron chi connectivity index (χ1n) is 5.20. The second kappa shape index (κ2) is 5.81. The molecule has 0 fully saturated rings. The van der Waals surface area contributed by atoms with E-state index in [1.54, 1.807) is 12.1 Å². The highest BCUT2D eigenvalue weighted by molar-refractivity contribution is 7.80. The van der Waals surface area contributed by atoms with Crippen molar-refractivity contribution in [2.45, 2.75) is 25.2 Å². The summed E-state index contributed by atoms with van der Waals surface area (Å²) in [7, 11) is 0. The summed E-state index contributed by atoms with van der Waals surface area (Å²) in [4.78, 5) is 12.5. The SMILES string of the molecule is CCC(C)CNC(=O)c1cccc(S)c1. The van der Waals surface area contributed by atoms with Gasteiger partial charge in [-0.25, -0.2) is 0 Å². The number of hydrogen-bond donors (Lipinski definition) is 2. The van der Waals surface area contributed by atoms with Crippen molar-refractivity contribution in [1.29, 1.82) is 0 Å². The lowest BCUT2D eigenvalue weighted by atomic mass is 10.1. The van der Waals surface area contributed by atoms with Crippen LogP contribution < -0.4 is 5.32 Å². The second-order valence-electron chi connectivity index (χ2n) is 3.77. The van der Waals surface area contributed by atoms with E-state index in [4.69, 9.17) is 0 Å². The molecule has 0 aliphatic rings. The first-order chi connectivity index (χ1) is 7.13. The van der Waals surface area contributed by atoms with E-state index in [1.165, 1.54) is 0 Å². The Balaban J connectivity index is 2.54. The molecule has 1 atom stereocenters. The number of carbonyl (C=O) groups excluding carboxylic acids is 1. The smallest absolute Gasteiger partial charge is 0.251 e. The number of rotatable bonds is 4. The number of hydrogen-bond acceptors (Lipinski definition) is 2. The Morgan fingerprint density at radius 3 is 2.87 bits per heavy atom. The lowest BCUT2D eigenvalue weighted by Gasteiger charge is -2.10. The van der Waals surface area contributed by atoms with Gasteiger partial charge in [0.15, 0.2) is 0 Å². The van der Waals surface area contributed by atoms with Gasteiger partial charge in [0, 0.05) is 17.0 Å². The van der Waals surface area contributed by atoms with Gasteiger partial charge in [0.05, 0.1) is 0 Å². The minimum atomic E-state index is -0.0220. The molecule has 0 aliphatic heterocycles. The summed E-state index contributed by atoms with van der Waals surface area (Å²) in [5.74, 6) is 0.499. The van der Waals surface area contributed by atoms with Crippen LogP contribution in [0.3, 0.4) is 0 Å². The lowest BCUT2D eigenvalue weighted by Crippen LogP contribution is -2.27. The van der Waals surface area contributed by atoms with E-state index in [0.717, 1.165) is 17.9 Å². The van der Waals surface area contributed by atoms with Crippen molar-refractivity contribution in [3.8, 4) is 0 Å². The molecule has 82 valence electrons. The molecule has 1 N–H and O–H groups in total. The summed E-state index contributed by atoms with van der Waals surface area (Å²) < 4.78 is 0. The van der Waals surface area contributed by atoms with Gasteiger partial charge in [-0.1, -0.05) is 26.3 Å². The molecule has 0 radical (unpaired) electrons. The third-order valence-corrected chi connectivity index (χ3v) is 2.69. The number of nitrogens with one attached hydrogen (secondary N) is 1. The Labute approximate surface area is 96.5 Å². The fraction of sp³-hybridized carbons (Fsp3) is 0.417. The van der Waals surface area contributed by atoms with Crippen LogP contribution in [-0.4, -0.2) is 12.5 Å². The normalized spacial score (nSPS) is 12.2. The Kier molecular flexibility index (Phi) is 4.69. The van der Waals surface area contributed by atoms with Crippen LogP contribution in [0.25, 0.3) is 0 Å². The maximum atomic E-state index is 11.7. The Morgan fingerprint density at radius 1 is 1.53 bits per heavy atom. The zero-order chi connectivity index (χ0) is 11.3. The van der Waals surface area contributed by atoms with E-state index < -0.39 is 0 Å². The van der Waals surface area contributed by atoms with Crippen LogP contribution in [-0.2, 0) is 0 Å². The monoisotopic (exact) mass is 223 g/mol. The first kappa shape index (κ1) is 12.1. The average Bonchev–Trinajstić information content (AvgIpc) is 2.25. The molecular formula is C12H17NOS. The Morgan fingerprint density at radius 2 is 2.27 bits per heavy atom. The molecule has 0 aromatic heterocycles. The minimum Gasteiger partial charge on any atom is -0.352 e. The molecular weight excluding hydrogens is 206 g/mol. The highest BCUT2D eigenvalue weighted by atomic mass is 32.1. The fourth-order valence-corrected chi connectivity index (χ4v) is 1.39. The Bertz CT molecular complexity index is 338. The molecule has 0 bridgehead atoms. The molecule has 0 saturated carbocycles. The van der Waals surface area contributed by atoms with Crippen molar-refractivity contribution in [1.82, 2.24) is 5.32 Å². The summed E-state index contributed by atoms with van der Waals surface area (Å²) in [6.07, 6.45) is 1.08. The summed E-state index contributed by atoms with van der Waals surface area (Å²) in [5.41, 5.74) is 0.672. The Hall–Kier alpha value is -0.960. The van der Waals surface area contributed by atoms with Crippen LogP contribution in [0.5, 0.6) is 0 Å². The van der Waals surface area contributed by atoms with Gasteiger partial charge in [-0.2, -0.15) is 0 Å². The predicted molar refractivity (Wildman–Crippen MR) is 65.5 cm³/mol. The van der Waals surface area contributed by atoms with E-state index in [2.05, 4.69) is 31.8 Å². The fourth-order valence-electron chi connectivity index (χ4n) is 1.16. The van der Waals surface area contributed by atoms with Gasteiger partial charge in [0.25, 0.3) is 5.91 Å². The van der Waals surface area contributed by atoms with Gasteiger partial charge in [-0.05, 0) is 24.1 Å². The maximum absolute atomic E-state index is 11.7. The quantitative estimate of drug-likeness (QED) is 0.755. The van der Waals surface area contributed by atoms with Crippen LogP contribution in [0.2, 0.25) is 0 Å². The average molecular weight is 223 g/mol. The third-order valence-electron chi connectivity index (χ3n) is 2.42. The molecule has 1 amide bonds. The highest BCUT2D eigenvalue weighted by Crippen LogP contribution is 2.08. The molecule has 2 nitrogen and oxygen atoms in total. The van der Waals surface area contributed by atoms with Crippen LogP contribution >= 0.6 is 12.6 Å². The van der Waals surface area contributed by atoms with Crippen molar-refractivity contribution in [2.75, 3.05) is 6.54 Å². The standard InChI is InChI=1S/C12H17NOS/c1-3-9(2)8-13-12(14)10-5-4-6-11(15)7-10/h4-7,9,15H,3,8H2,1-2H3,(H,13,14). The zero-order valence-electron chi connectivity index (χ0n) is 9.16. The number of benzene rings is 1. The molecule has 1 aromatic carbocycles. The van der Waals surface area contributed by atoms with Crippen LogP contribution in [0.1, 0.15) is 30.6 Å². The highest BCUT2D eigenvalue weighted by Gasteiger charge is 2.06. The van der Waals surface area contributed by atoms with Crippen LogP contribution in [0.15, 0.2) is 29.2 Å². The van der Waals surface area contributed by atoms with E-state index >= 15 is 0 Å². The zero-order valence-corrected chi connectivity index (χ0v) is 10.1. The topological polar surface area (TPSA) is 29.1 Å². The molecule has 0 heterocycles. The summed E-state index contributed by atoms with van der Waals surface area (Å²) in [6, 6.07) is 7.26. The van der Waals surface area contributed by atoms with Gasteiger partial charge >= 0.3 is 0 Å². The van der Waals surface area contributed by atoms with Gasteiger partial charge in [-0.3, -0.25) is 4.79 Å². The maximum Gasteiger partial charge on any atom is 0.251 e. The van der Waals surface area contributed by atoms with Crippen molar-refractivity contribution < 1.29 is 4.79 Å². The molecule has 1 aromatic rings. The molecule has 0 spiro atoms. The molecule has 1 rings (SSSR count). The summed E-state index contributed by atoms with van der Waals surface area (Å²) in [6.45, 7) is 4.96. The molecule has 15 heavy (non-hydrogen) atoms. The van der Waals surface area contributed by atoms with Crippen molar-refractivity contribution >= 4 is 18.5 Å². The van der Waals surface area contributed by atoms with Gasteiger partial charge < -0.3 is 5.32 Å². The predicted octanol–water partition coefficient (Wildman–Crippen LogP) is 2.75.